The molecule has 1 rings (SSSR count). The van der Waals surface area contributed by atoms with Crippen LogP contribution in [0.3, 0.4) is 0 Å². The Morgan fingerprint density at radius 3 is 2.31 bits per heavy atom. The molecule has 0 spiro atoms. The van der Waals surface area contributed by atoms with Crippen LogP contribution in [0.5, 0.6) is 0 Å². The lowest BCUT2D eigenvalue weighted by Crippen LogP contribution is -2.32. The van der Waals surface area contributed by atoms with E-state index in [-0.39, 0.29) is 10.9 Å². The number of hydrogen-bond donors (Lipinski definition) is 3. The Morgan fingerprint density at radius 1 is 1.27 bits per heavy atom. The number of amidine groups is 1. The summed E-state index contributed by atoms with van der Waals surface area (Å²) in [4.78, 5) is 15.1. The number of nitrogens with zero attached hydrogens (tertiary/aromatic N) is 1. The average molecular weight is 388 g/mol. The number of carbonyl (C=O) groups excluding carboxylic acids is 1. The molecule has 5 N–H and O–H groups in total. The van der Waals surface area contributed by atoms with Crippen LogP contribution in [0.2, 0.25) is 0 Å². The minimum Gasteiger partial charge on any atom is -0.465 e. The van der Waals surface area contributed by atoms with Gasteiger partial charge in [0.2, 0.25) is 0 Å². The van der Waals surface area contributed by atoms with Crippen molar-refractivity contribution in [2.45, 2.75) is 51.0 Å². The zero-order valence-corrected chi connectivity index (χ0v) is 16.3. The molecular weight excluding hydrogens is 358 g/mol. The fraction of sp³-hybridized carbons (Fsp3) is 0.529. The monoisotopic (exact) mass is 387 g/mol. The number of esters is 1. The van der Waals surface area contributed by atoms with E-state index in [1.165, 1.54) is 12.1 Å². The highest BCUT2D eigenvalue weighted by molar-refractivity contribution is 7.85. The van der Waals surface area contributed by atoms with Crippen molar-refractivity contribution in [1.82, 2.24) is 0 Å². The number of hydrogen-bond acceptors (Lipinski definition) is 6. The average Bonchev–Trinajstić information content (AvgIpc) is 2.54. The van der Waals surface area contributed by atoms with Gasteiger partial charge >= 0.3 is 5.97 Å². The summed E-state index contributed by atoms with van der Waals surface area (Å²) in [5.74, 6) is 0.265. The predicted octanol–water partition coefficient (Wildman–Crippen LogP) is 1.67. The van der Waals surface area contributed by atoms with Crippen molar-refractivity contribution in [2.24, 2.45) is 16.5 Å². The molecule has 0 saturated heterocycles. The Bertz CT molecular complexity index is 668. The lowest BCUT2D eigenvalue weighted by atomic mass is 10.1. The Labute approximate surface area is 155 Å². The van der Waals surface area contributed by atoms with Crippen molar-refractivity contribution in [1.29, 1.82) is 0 Å². The molecule has 0 amide bonds. The third kappa shape index (κ3) is 11.6. The molecule has 1 unspecified atom stereocenters. The van der Waals surface area contributed by atoms with Crippen LogP contribution in [0.25, 0.3) is 0 Å². The molecule has 0 aliphatic heterocycles. The molecule has 1 atom stereocenters. The first-order valence-corrected chi connectivity index (χ1v) is 9.74. The van der Waals surface area contributed by atoms with Gasteiger partial charge in [0.05, 0.1) is 17.3 Å². The van der Waals surface area contributed by atoms with Gasteiger partial charge < -0.3 is 16.2 Å². The van der Waals surface area contributed by atoms with Crippen molar-refractivity contribution >= 4 is 21.9 Å². The molecule has 0 fully saturated rings. The summed E-state index contributed by atoms with van der Waals surface area (Å²) < 4.78 is 34.3. The maximum Gasteiger partial charge on any atom is 0.322 e. The SMILES string of the molecule is CCOC(=O)C(N)CCCCN=C(C)N.Cc1ccc(S(=O)(=O)O)cc1. The molecular formula is C17H29N3O5S. The van der Waals surface area contributed by atoms with E-state index in [2.05, 4.69) is 4.99 Å². The minimum atomic E-state index is -4.02. The van der Waals surface area contributed by atoms with E-state index in [9.17, 15) is 13.2 Å². The summed E-state index contributed by atoms with van der Waals surface area (Å²) in [5.41, 5.74) is 11.9. The van der Waals surface area contributed by atoms with Crippen molar-refractivity contribution < 1.29 is 22.5 Å². The van der Waals surface area contributed by atoms with Crippen LogP contribution in [0.1, 0.15) is 38.7 Å². The van der Waals surface area contributed by atoms with E-state index in [0.29, 0.717) is 25.4 Å². The molecule has 9 heteroatoms. The number of nitrogens with two attached hydrogens (primary N) is 2. The third-order valence-electron chi connectivity index (χ3n) is 3.19. The molecule has 0 aliphatic rings. The van der Waals surface area contributed by atoms with Gasteiger partial charge in [-0.05, 0) is 52.2 Å². The molecule has 8 nitrogen and oxygen atoms in total. The van der Waals surface area contributed by atoms with Crippen LogP contribution in [0, 0.1) is 6.92 Å². The number of aliphatic imine (C=N–C) groups is 1. The second kappa shape index (κ2) is 12.4. The standard InChI is InChI=1S/C10H21N3O2.C7H8O3S/c1-3-15-10(14)9(12)6-4-5-7-13-8(2)11;1-6-2-4-7(5-3-6)11(8,9)10/h9H,3-7,12H2,1-2H3,(H2,11,13);2-5H,1H3,(H,8,9,10). The summed E-state index contributed by atoms with van der Waals surface area (Å²) in [7, 11) is -4.02. The molecule has 0 bridgehead atoms. The largest absolute Gasteiger partial charge is 0.465 e. The van der Waals surface area contributed by atoms with Gasteiger partial charge in [0.1, 0.15) is 6.04 Å². The van der Waals surface area contributed by atoms with Crippen molar-refractivity contribution in [3.05, 3.63) is 29.8 Å². The smallest absolute Gasteiger partial charge is 0.322 e. The first-order valence-electron chi connectivity index (χ1n) is 8.30. The van der Waals surface area contributed by atoms with Crippen LogP contribution >= 0.6 is 0 Å². The van der Waals surface area contributed by atoms with Gasteiger partial charge in [0, 0.05) is 6.54 Å². The topological polar surface area (TPSA) is 145 Å². The number of unbranched alkanes of at least 4 members (excludes halogenated alkanes) is 1. The maximum atomic E-state index is 11.1. The fourth-order valence-corrected chi connectivity index (χ4v) is 2.29. The van der Waals surface area contributed by atoms with Crippen molar-refractivity contribution in [3.8, 4) is 0 Å². The normalized spacial score (nSPS) is 12.7. The summed E-state index contributed by atoms with van der Waals surface area (Å²) >= 11 is 0. The minimum absolute atomic E-state index is 0.0666. The van der Waals surface area contributed by atoms with Crippen LogP contribution < -0.4 is 11.5 Å². The van der Waals surface area contributed by atoms with E-state index in [4.69, 9.17) is 20.8 Å². The summed E-state index contributed by atoms with van der Waals surface area (Å²) in [5, 5.41) is 0. The summed E-state index contributed by atoms with van der Waals surface area (Å²) in [6, 6.07) is 5.48. The predicted molar refractivity (Wildman–Crippen MR) is 102 cm³/mol. The number of benzene rings is 1. The summed E-state index contributed by atoms with van der Waals surface area (Å²) in [6.45, 7) is 6.43. The highest BCUT2D eigenvalue weighted by Gasteiger charge is 2.13. The molecule has 1 aromatic carbocycles. The Balaban J connectivity index is 0.000000502. The van der Waals surface area contributed by atoms with E-state index in [1.54, 1.807) is 26.0 Å². The lowest BCUT2D eigenvalue weighted by molar-refractivity contribution is -0.144. The van der Waals surface area contributed by atoms with Gasteiger partial charge in [0.15, 0.2) is 0 Å². The van der Waals surface area contributed by atoms with Gasteiger partial charge in [-0.25, -0.2) is 0 Å². The molecule has 0 heterocycles. The van der Waals surface area contributed by atoms with Crippen LogP contribution in [-0.2, 0) is 19.6 Å². The lowest BCUT2D eigenvalue weighted by Gasteiger charge is -2.09. The highest BCUT2D eigenvalue weighted by Crippen LogP contribution is 2.08. The van der Waals surface area contributed by atoms with Gasteiger partial charge in [-0.15, -0.1) is 0 Å². The Hall–Kier alpha value is -1.97. The Morgan fingerprint density at radius 2 is 1.85 bits per heavy atom. The number of rotatable bonds is 8. The van der Waals surface area contributed by atoms with E-state index >= 15 is 0 Å². The number of ether oxygens (including phenoxy) is 1. The third-order valence-corrected chi connectivity index (χ3v) is 4.06. The molecule has 0 aromatic heterocycles. The van der Waals surface area contributed by atoms with E-state index in [0.717, 1.165) is 18.4 Å². The number of aryl methyl sites for hydroxylation is 1. The molecule has 0 aliphatic carbocycles. The Kier molecular flexibility index (Phi) is 11.5. The first-order chi connectivity index (χ1) is 12.1. The van der Waals surface area contributed by atoms with Crippen molar-refractivity contribution in [3.63, 3.8) is 0 Å². The zero-order valence-electron chi connectivity index (χ0n) is 15.5. The van der Waals surface area contributed by atoms with Crippen LogP contribution in [0.4, 0.5) is 0 Å². The molecule has 148 valence electrons. The van der Waals surface area contributed by atoms with E-state index in [1.807, 2.05) is 6.92 Å². The van der Waals surface area contributed by atoms with Crippen LogP contribution in [-0.4, -0.2) is 44.0 Å². The second-order valence-electron chi connectivity index (χ2n) is 5.67. The molecule has 0 radical (unpaired) electrons. The van der Waals surface area contributed by atoms with E-state index < -0.39 is 16.2 Å². The van der Waals surface area contributed by atoms with Crippen LogP contribution in [0.15, 0.2) is 34.2 Å². The maximum absolute atomic E-state index is 11.1. The fourth-order valence-electron chi connectivity index (χ4n) is 1.81. The van der Waals surface area contributed by atoms with Gasteiger partial charge in [-0.3, -0.25) is 14.3 Å². The quantitative estimate of drug-likeness (QED) is 0.202. The molecule has 0 saturated carbocycles. The first kappa shape index (κ1) is 24.0. The van der Waals surface area contributed by atoms with Gasteiger partial charge in [-0.1, -0.05) is 17.7 Å². The molecule has 26 heavy (non-hydrogen) atoms. The molecule has 1 aromatic rings. The van der Waals surface area contributed by atoms with Gasteiger partial charge in [0.25, 0.3) is 10.1 Å². The summed E-state index contributed by atoms with van der Waals surface area (Å²) in [6.07, 6.45) is 2.39. The zero-order chi connectivity index (χ0) is 20.2. The van der Waals surface area contributed by atoms with Crippen molar-refractivity contribution in [2.75, 3.05) is 13.2 Å². The number of carbonyl (C=O) groups is 1. The second-order valence-corrected chi connectivity index (χ2v) is 7.09. The highest BCUT2D eigenvalue weighted by atomic mass is 32.2. The van der Waals surface area contributed by atoms with Gasteiger partial charge in [-0.2, -0.15) is 8.42 Å².